The summed E-state index contributed by atoms with van der Waals surface area (Å²) in [6, 6.07) is 15.0. The lowest BCUT2D eigenvalue weighted by atomic mass is 9.89. The van der Waals surface area contributed by atoms with Crippen molar-refractivity contribution < 1.29 is 24.1 Å². The smallest absolute Gasteiger partial charge is 0.328 e. The molecule has 0 radical (unpaired) electrons. The van der Waals surface area contributed by atoms with Gasteiger partial charge in [0.1, 0.15) is 17.2 Å². The Morgan fingerprint density at radius 3 is 1.93 bits per heavy atom. The number of carboxylic acids is 1. The number of carboxylic acid groups (broad SMARTS) is 1. The molecule has 0 spiro atoms. The number of benzene rings is 3. The van der Waals surface area contributed by atoms with Crippen molar-refractivity contribution in [3.05, 3.63) is 71.3 Å². The van der Waals surface area contributed by atoms with Crippen molar-refractivity contribution in [2.75, 3.05) is 21.3 Å². The van der Waals surface area contributed by atoms with E-state index in [1.807, 2.05) is 43.3 Å². The lowest BCUT2D eigenvalue weighted by molar-refractivity contribution is -0.131. The van der Waals surface area contributed by atoms with E-state index in [0.29, 0.717) is 28.4 Å². The van der Waals surface area contributed by atoms with Crippen LogP contribution in [0.4, 0.5) is 0 Å². The Balaban J connectivity index is 2.39. The normalized spacial score (nSPS) is 11.4. The molecular formula is C23H22O5. The SMILES string of the molecule is COc1ccc(/C(=C\C(=O)O)c2c(C)c(OC)c3ccccc3c2OC)cc1. The van der Waals surface area contributed by atoms with E-state index in [9.17, 15) is 9.90 Å². The summed E-state index contributed by atoms with van der Waals surface area (Å²) < 4.78 is 16.6. The molecule has 144 valence electrons. The summed E-state index contributed by atoms with van der Waals surface area (Å²) in [6.07, 6.45) is 1.20. The van der Waals surface area contributed by atoms with Crippen LogP contribution in [0, 0.1) is 6.92 Å². The minimum Gasteiger partial charge on any atom is -0.497 e. The predicted molar refractivity (Wildman–Crippen MR) is 109 cm³/mol. The highest BCUT2D eigenvalue weighted by atomic mass is 16.5. The van der Waals surface area contributed by atoms with Crippen LogP contribution in [0.25, 0.3) is 16.3 Å². The van der Waals surface area contributed by atoms with Gasteiger partial charge in [-0.2, -0.15) is 0 Å². The second-order valence-corrected chi connectivity index (χ2v) is 6.24. The van der Waals surface area contributed by atoms with Crippen molar-refractivity contribution in [1.29, 1.82) is 0 Å². The number of methoxy groups -OCH3 is 3. The van der Waals surface area contributed by atoms with E-state index in [4.69, 9.17) is 14.2 Å². The van der Waals surface area contributed by atoms with E-state index >= 15 is 0 Å². The third-order valence-electron chi connectivity index (χ3n) is 4.71. The van der Waals surface area contributed by atoms with Crippen LogP contribution in [0.5, 0.6) is 17.2 Å². The van der Waals surface area contributed by atoms with Gasteiger partial charge in [0.15, 0.2) is 0 Å². The van der Waals surface area contributed by atoms with Crippen LogP contribution in [0.2, 0.25) is 0 Å². The zero-order valence-corrected chi connectivity index (χ0v) is 16.3. The molecule has 0 fully saturated rings. The van der Waals surface area contributed by atoms with Gasteiger partial charge in [-0.15, -0.1) is 0 Å². The van der Waals surface area contributed by atoms with Crippen LogP contribution in [-0.4, -0.2) is 32.4 Å². The van der Waals surface area contributed by atoms with Crippen LogP contribution >= 0.6 is 0 Å². The van der Waals surface area contributed by atoms with Gasteiger partial charge in [0.2, 0.25) is 0 Å². The fourth-order valence-corrected chi connectivity index (χ4v) is 3.49. The first-order chi connectivity index (χ1) is 13.5. The van der Waals surface area contributed by atoms with Crippen molar-refractivity contribution in [1.82, 2.24) is 0 Å². The Hall–Kier alpha value is -3.47. The molecule has 0 heterocycles. The number of ether oxygens (including phenoxy) is 3. The molecule has 0 unspecified atom stereocenters. The lowest BCUT2D eigenvalue weighted by Crippen LogP contribution is -2.03. The number of hydrogen-bond acceptors (Lipinski definition) is 4. The highest BCUT2D eigenvalue weighted by Gasteiger charge is 2.22. The summed E-state index contributed by atoms with van der Waals surface area (Å²) in [7, 11) is 4.78. The average Bonchev–Trinajstić information content (AvgIpc) is 2.71. The summed E-state index contributed by atoms with van der Waals surface area (Å²) in [5, 5.41) is 11.3. The average molecular weight is 378 g/mol. The summed E-state index contributed by atoms with van der Waals surface area (Å²) in [5.74, 6) is 0.950. The summed E-state index contributed by atoms with van der Waals surface area (Å²) in [4.78, 5) is 11.6. The van der Waals surface area contributed by atoms with Crippen molar-refractivity contribution >= 4 is 22.3 Å². The third kappa shape index (κ3) is 3.39. The lowest BCUT2D eigenvalue weighted by Gasteiger charge is -2.21. The minimum absolute atomic E-state index is 0.536. The maximum atomic E-state index is 11.6. The van der Waals surface area contributed by atoms with Crippen molar-refractivity contribution in [3.8, 4) is 17.2 Å². The highest BCUT2D eigenvalue weighted by Crippen LogP contribution is 2.45. The van der Waals surface area contributed by atoms with Crippen molar-refractivity contribution in [2.45, 2.75) is 6.92 Å². The molecule has 0 aromatic heterocycles. The molecule has 28 heavy (non-hydrogen) atoms. The molecule has 0 saturated carbocycles. The highest BCUT2D eigenvalue weighted by molar-refractivity contribution is 6.04. The topological polar surface area (TPSA) is 65.0 Å². The predicted octanol–water partition coefficient (Wildman–Crippen LogP) is 4.69. The second kappa shape index (κ2) is 8.05. The second-order valence-electron chi connectivity index (χ2n) is 6.24. The van der Waals surface area contributed by atoms with Crippen LogP contribution in [0.3, 0.4) is 0 Å². The summed E-state index contributed by atoms with van der Waals surface area (Å²) in [5.41, 5.74) is 2.77. The van der Waals surface area contributed by atoms with Gasteiger partial charge in [-0.25, -0.2) is 4.79 Å². The van der Waals surface area contributed by atoms with Gasteiger partial charge >= 0.3 is 5.97 Å². The summed E-state index contributed by atoms with van der Waals surface area (Å²) in [6.45, 7) is 1.91. The fourth-order valence-electron chi connectivity index (χ4n) is 3.49. The Morgan fingerprint density at radius 1 is 0.857 bits per heavy atom. The molecule has 5 nitrogen and oxygen atoms in total. The number of rotatable bonds is 6. The number of carbonyl (C=O) groups is 1. The molecule has 5 heteroatoms. The molecule has 3 aromatic rings. The van der Waals surface area contributed by atoms with Gasteiger partial charge in [0, 0.05) is 33.5 Å². The van der Waals surface area contributed by atoms with Gasteiger partial charge < -0.3 is 19.3 Å². The Kier molecular flexibility index (Phi) is 5.54. The van der Waals surface area contributed by atoms with Gasteiger partial charge in [0.05, 0.1) is 21.3 Å². The molecular weight excluding hydrogens is 356 g/mol. The van der Waals surface area contributed by atoms with E-state index in [0.717, 1.165) is 21.9 Å². The van der Waals surface area contributed by atoms with Gasteiger partial charge in [-0.1, -0.05) is 36.4 Å². The van der Waals surface area contributed by atoms with E-state index in [1.54, 1.807) is 33.5 Å². The van der Waals surface area contributed by atoms with Crippen molar-refractivity contribution in [3.63, 3.8) is 0 Å². The van der Waals surface area contributed by atoms with Crippen LogP contribution in [0.1, 0.15) is 16.7 Å². The van der Waals surface area contributed by atoms with E-state index in [1.165, 1.54) is 6.08 Å². The van der Waals surface area contributed by atoms with Crippen LogP contribution < -0.4 is 14.2 Å². The number of hydrogen-bond donors (Lipinski definition) is 1. The third-order valence-corrected chi connectivity index (χ3v) is 4.71. The van der Waals surface area contributed by atoms with Gasteiger partial charge in [0.25, 0.3) is 0 Å². The quantitative estimate of drug-likeness (QED) is 0.631. The Bertz CT molecular complexity index is 1050. The number of aliphatic carboxylic acids is 1. The molecule has 0 aliphatic carbocycles. The van der Waals surface area contributed by atoms with E-state index in [-0.39, 0.29) is 0 Å². The van der Waals surface area contributed by atoms with Crippen LogP contribution in [0.15, 0.2) is 54.6 Å². The zero-order valence-electron chi connectivity index (χ0n) is 16.3. The summed E-state index contributed by atoms with van der Waals surface area (Å²) >= 11 is 0. The van der Waals surface area contributed by atoms with E-state index < -0.39 is 5.97 Å². The Morgan fingerprint density at radius 2 is 1.43 bits per heavy atom. The molecule has 0 bridgehead atoms. The monoisotopic (exact) mass is 378 g/mol. The molecule has 3 aromatic carbocycles. The standard InChI is InChI=1S/C23H22O5/c1-14-21(19(13-20(24)25)15-9-11-16(26-2)12-10-15)23(28-4)18-8-6-5-7-17(18)22(14)27-3/h5-13H,1-4H3,(H,24,25)/b19-13+. The minimum atomic E-state index is -1.04. The largest absolute Gasteiger partial charge is 0.497 e. The van der Waals surface area contributed by atoms with Crippen molar-refractivity contribution in [2.24, 2.45) is 0 Å². The Labute approximate surface area is 163 Å². The molecule has 0 aliphatic heterocycles. The maximum Gasteiger partial charge on any atom is 0.328 e. The molecule has 1 N–H and O–H groups in total. The van der Waals surface area contributed by atoms with Gasteiger partial charge in [-0.3, -0.25) is 0 Å². The molecule has 0 atom stereocenters. The molecule has 0 saturated heterocycles. The molecule has 3 rings (SSSR count). The van der Waals surface area contributed by atoms with Gasteiger partial charge in [-0.05, 0) is 24.6 Å². The first kappa shape index (κ1) is 19.3. The molecule has 0 aliphatic rings. The number of fused-ring (bicyclic) bond motifs is 1. The molecule has 0 amide bonds. The van der Waals surface area contributed by atoms with Crippen LogP contribution in [-0.2, 0) is 4.79 Å². The fraction of sp³-hybridized carbons (Fsp3) is 0.174. The first-order valence-electron chi connectivity index (χ1n) is 8.74. The maximum absolute atomic E-state index is 11.6. The van der Waals surface area contributed by atoms with E-state index in [2.05, 4.69) is 0 Å². The first-order valence-corrected chi connectivity index (χ1v) is 8.74. The zero-order chi connectivity index (χ0) is 20.3.